The van der Waals surface area contributed by atoms with E-state index in [1.54, 1.807) is 0 Å². The van der Waals surface area contributed by atoms with Crippen molar-refractivity contribution in [3.05, 3.63) is 0 Å². The lowest BCUT2D eigenvalue weighted by molar-refractivity contribution is -0.120. The number of nitrogens with two attached hydrogens (primary N) is 1. The minimum atomic E-state index is 0.0754. The lowest BCUT2D eigenvalue weighted by Gasteiger charge is -2.42. The van der Waals surface area contributed by atoms with Gasteiger partial charge in [-0.2, -0.15) is 0 Å². The number of carbonyl (C=O) groups excluding carboxylic acids is 1. The van der Waals surface area contributed by atoms with Crippen LogP contribution in [0.25, 0.3) is 0 Å². The van der Waals surface area contributed by atoms with E-state index in [1.807, 2.05) is 0 Å². The number of amides is 1. The van der Waals surface area contributed by atoms with Crippen LogP contribution in [0.5, 0.6) is 0 Å². The van der Waals surface area contributed by atoms with Gasteiger partial charge in [0, 0.05) is 24.3 Å². The van der Waals surface area contributed by atoms with Crippen LogP contribution in [0.4, 0.5) is 0 Å². The van der Waals surface area contributed by atoms with E-state index >= 15 is 0 Å². The van der Waals surface area contributed by atoms with Crippen molar-refractivity contribution in [3.63, 3.8) is 0 Å². The Labute approximate surface area is 174 Å². The molecule has 3 aliphatic heterocycles. The van der Waals surface area contributed by atoms with E-state index in [2.05, 4.69) is 22.5 Å². The summed E-state index contributed by atoms with van der Waals surface area (Å²) in [7, 11) is 0. The first kappa shape index (κ1) is 19.5. The molecule has 1 amide bonds. The van der Waals surface area contributed by atoms with Gasteiger partial charge in [-0.25, -0.2) is 0 Å². The first-order chi connectivity index (χ1) is 14.1. The van der Waals surface area contributed by atoms with Crippen molar-refractivity contribution in [1.29, 1.82) is 0 Å². The Morgan fingerprint density at radius 2 is 1.90 bits per heavy atom. The smallest absolute Gasteiger partial charge is 0.225 e. The van der Waals surface area contributed by atoms with E-state index in [0.717, 1.165) is 50.9 Å². The number of nitrogens with zero attached hydrogens (tertiary/aromatic N) is 3. The number of carbonyl (C=O) groups is 1. The summed E-state index contributed by atoms with van der Waals surface area (Å²) >= 11 is 0. The van der Waals surface area contributed by atoms with E-state index in [-0.39, 0.29) is 24.0 Å². The molecule has 1 saturated heterocycles. The number of hydrogen-bond acceptors (Lipinski definition) is 6. The van der Waals surface area contributed by atoms with E-state index < -0.39 is 0 Å². The Kier molecular flexibility index (Phi) is 5.37. The Balaban J connectivity index is 1.26. The molecule has 29 heavy (non-hydrogen) atoms. The van der Waals surface area contributed by atoms with Gasteiger partial charge >= 0.3 is 0 Å². The number of rotatable bonds is 2. The average Bonchev–Trinajstić information content (AvgIpc) is 2.94. The van der Waals surface area contributed by atoms with Crippen molar-refractivity contribution < 1.29 is 4.79 Å². The summed E-state index contributed by atoms with van der Waals surface area (Å²) in [5.41, 5.74) is 7.52. The quantitative estimate of drug-likeness (QED) is 0.649. The highest BCUT2D eigenvalue weighted by Crippen LogP contribution is 2.35. The molecule has 2 aliphatic carbocycles. The zero-order chi connectivity index (χ0) is 20.0. The Morgan fingerprint density at radius 1 is 1.07 bits per heavy atom. The first-order valence-corrected chi connectivity index (χ1v) is 11.7. The van der Waals surface area contributed by atoms with E-state index in [0.29, 0.717) is 30.5 Å². The predicted molar refractivity (Wildman–Crippen MR) is 115 cm³/mol. The average molecular weight is 401 g/mol. The lowest BCUT2D eigenvalue weighted by atomic mass is 9.80. The molecule has 5 rings (SSSR count). The molecule has 0 spiro atoms. The van der Waals surface area contributed by atoms with E-state index in [1.165, 1.54) is 25.1 Å². The number of amidine groups is 1. The third-order valence-corrected chi connectivity index (χ3v) is 7.97. The molecule has 0 aromatic rings. The molecule has 0 bridgehead atoms. The van der Waals surface area contributed by atoms with Crippen molar-refractivity contribution in [3.8, 4) is 0 Å². The van der Waals surface area contributed by atoms with Crippen LogP contribution < -0.4 is 16.4 Å². The Hall–Kier alpha value is -1.47. The lowest BCUT2D eigenvalue weighted by Crippen LogP contribution is -2.52. The molecule has 4 N–H and O–H groups in total. The Morgan fingerprint density at radius 3 is 2.72 bits per heavy atom. The number of hydrogen-bond donors (Lipinski definition) is 3. The highest BCUT2D eigenvalue weighted by atomic mass is 16.1. The third kappa shape index (κ3) is 3.72. The maximum Gasteiger partial charge on any atom is 0.225 e. The normalized spacial score (nSPS) is 42.9. The second-order valence-corrected chi connectivity index (χ2v) is 9.77. The summed E-state index contributed by atoms with van der Waals surface area (Å²) < 4.78 is 0. The number of nitrogens with one attached hydrogen (secondary N) is 2. The molecule has 5 unspecified atom stereocenters. The van der Waals surface area contributed by atoms with Gasteiger partial charge in [-0.05, 0) is 70.8 Å². The van der Waals surface area contributed by atoms with Crippen molar-refractivity contribution >= 4 is 17.5 Å². The molecule has 0 aromatic heterocycles. The van der Waals surface area contributed by atoms with Gasteiger partial charge in [-0.3, -0.25) is 14.8 Å². The fraction of sp³-hybridized carbons (Fsp3) is 0.864. The molecule has 2 saturated carbocycles. The Bertz CT molecular complexity index is 697. The molecule has 3 heterocycles. The van der Waals surface area contributed by atoms with Crippen LogP contribution in [0.1, 0.15) is 64.7 Å². The largest absolute Gasteiger partial charge is 0.352 e. The third-order valence-electron chi connectivity index (χ3n) is 7.97. The summed E-state index contributed by atoms with van der Waals surface area (Å²) in [4.78, 5) is 25.2. The summed E-state index contributed by atoms with van der Waals surface area (Å²) in [5.74, 6) is 1.82. The van der Waals surface area contributed by atoms with Gasteiger partial charge in [0.2, 0.25) is 5.91 Å². The SMILES string of the molecule is CC1=NC2CNCCC2N1C1CCC(C2=NC3C(N)CCCC3NC(=O)C2)CC1. The number of fused-ring (bicyclic) bond motifs is 2. The van der Waals surface area contributed by atoms with Crippen molar-refractivity contribution in [1.82, 2.24) is 15.5 Å². The van der Waals surface area contributed by atoms with Gasteiger partial charge in [0.25, 0.3) is 0 Å². The van der Waals surface area contributed by atoms with Gasteiger partial charge < -0.3 is 21.3 Å². The highest BCUT2D eigenvalue weighted by Gasteiger charge is 2.42. The maximum absolute atomic E-state index is 12.5. The summed E-state index contributed by atoms with van der Waals surface area (Å²) in [5, 5.41) is 6.70. The first-order valence-electron chi connectivity index (χ1n) is 11.7. The van der Waals surface area contributed by atoms with E-state index in [9.17, 15) is 4.79 Å². The zero-order valence-corrected chi connectivity index (χ0v) is 17.6. The summed E-state index contributed by atoms with van der Waals surface area (Å²) in [6.07, 6.45) is 9.39. The van der Waals surface area contributed by atoms with Crippen LogP contribution in [0.2, 0.25) is 0 Å². The predicted octanol–water partition coefficient (Wildman–Crippen LogP) is 1.22. The standard InChI is InChI=1S/C22H36N6O/c1-13-25-19-12-24-10-9-20(19)28(13)15-7-5-14(6-8-15)18-11-21(29)26-17-4-2-3-16(23)22(17)27-18/h14-17,19-20,22,24H,2-12,23H2,1H3,(H,26,29). The van der Waals surface area contributed by atoms with Crippen LogP contribution in [0, 0.1) is 5.92 Å². The topological polar surface area (TPSA) is 95.1 Å². The van der Waals surface area contributed by atoms with Gasteiger partial charge in [0.05, 0.1) is 36.4 Å². The molecule has 3 fully saturated rings. The molecule has 5 atom stereocenters. The second-order valence-electron chi connectivity index (χ2n) is 9.77. The maximum atomic E-state index is 12.5. The molecule has 0 radical (unpaired) electrons. The van der Waals surface area contributed by atoms with Gasteiger partial charge in [-0.1, -0.05) is 0 Å². The van der Waals surface area contributed by atoms with Crippen molar-refractivity contribution in [2.75, 3.05) is 13.1 Å². The minimum absolute atomic E-state index is 0.0754. The van der Waals surface area contributed by atoms with Crippen molar-refractivity contribution in [2.24, 2.45) is 21.6 Å². The van der Waals surface area contributed by atoms with Crippen LogP contribution in [0.15, 0.2) is 9.98 Å². The molecule has 0 aromatic carbocycles. The molecule has 7 heteroatoms. The monoisotopic (exact) mass is 400 g/mol. The molecular formula is C22H36N6O. The van der Waals surface area contributed by atoms with Crippen LogP contribution in [-0.4, -0.2) is 71.7 Å². The van der Waals surface area contributed by atoms with Crippen LogP contribution in [0.3, 0.4) is 0 Å². The van der Waals surface area contributed by atoms with Gasteiger partial charge in [0.1, 0.15) is 0 Å². The number of aliphatic imine (C=N–C) groups is 2. The molecule has 160 valence electrons. The fourth-order valence-corrected chi connectivity index (χ4v) is 6.52. The number of piperidine rings is 1. The summed E-state index contributed by atoms with van der Waals surface area (Å²) in [6, 6.07) is 1.90. The second kappa shape index (κ2) is 7.99. The van der Waals surface area contributed by atoms with Crippen LogP contribution >= 0.6 is 0 Å². The van der Waals surface area contributed by atoms with Gasteiger partial charge in [0.15, 0.2) is 0 Å². The van der Waals surface area contributed by atoms with E-state index in [4.69, 9.17) is 15.7 Å². The zero-order valence-electron chi connectivity index (χ0n) is 17.6. The molecule has 5 aliphatic rings. The summed E-state index contributed by atoms with van der Waals surface area (Å²) in [6.45, 7) is 4.31. The van der Waals surface area contributed by atoms with Crippen molar-refractivity contribution in [2.45, 2.75) is 101 Å². The fourth-order valence-electron chi connectivity index (χ4n) is 6.52. The van der Waals surface area contributed by atoms with Gasteiger partial charge in [-0.15, -0.1) is 0 Å². The highest BCUT2D eigenvalue weighted by molar-refractivity contribution is 6.03. The molecular weight excluding hydrogens is 364 g/mol. The minimum Gasteiger partial charge on any atom is -0.352 e. The van der Waals surface area contributed by atoms with Crippen LogP contribution in [-0.2, 0) is 4.79 Å². The molecule has 7 nitrogen and oxygen atoms in total.